The summed E-state index contributed by atoms with van der Waals surface area (Å²) in [5, 5.41) is 11.0. The Labute approximate surface area is 109 Å². The number of carbonyl (C=O) groups excluding carboxylic acids is 1. The fourth-order valence-corrected chi connectivity index (χ4v) is 1.33. The monoisotopic (exact) mass is 267 g/mol. The second-order valence-corrected chi connectivity index (χ2v) is 3.70. The van der Waals surface area contributed by atoms with E-state index in [9.17, 15) is 14.0 Å². The van der Waals surface area contributed by atoms with Crippen LogP contribution in [-0.2, 0) is 14.3 Å². The van der Waals surface area contributed by atoms with Crippen LogP contribution in [0.15, 0.2) is 24.3 Å². The van der Waals surface area contributed by atoms with Crippen molar-refractivity contribution in [2.75, 3.05) is 19.0 Å². The molecule has 0 atom stereocenters. The van der Waals surface area contributed by atoms with Crippen LogP contribution in [0.3, 0.4) is 0 Å². The molecule has 0 saturated heterocycles. The van der Waals surface area contributed by atoms with Gasteiger partial charge in [-0.05, 0) is 24.3 Å². The predicted octanol–water partition coefficient (Wildman–Crippen LogP) is 1.90. The number of amides is 1. The number of aliphatic carboxylic acids is 1. The standard InChI is InChI=1S/C13H14FNO4/c1-19-7-6-12(16)15-10-3-4-11(14)9(8-10)2-5-13(17)18/h2-5,8H,6-7H2,1H3,(H,15,16)(H,17,18)/b5-2+. The van der Waals surface area contributed by atoms with Gasteiger partial charge >= 0.3 is 5.97 Å². The van der Waals surface area contributed by atoms with Gasteiger partial charge in [0.1, 0.15) is 5.82 Å². The third-order valence-electron chi connectivity index (χ3n) is 2.22. The lowest BCUT2D eigenvalue weighted by atomic mass is 10.1. The van der Waals surface area contributed by atoms with Crippen LogP contribution in [0, 0.1) is 5.82 Å². The summed E-state index contributed by atoms with van der Waals surface area (Å²) in [4.78, 5) is 21.8. The highest BCUT2D eigenvalue weighted by Gasteiger charge is 2.05. The number of anilines is 1. The van der Waals surface area contributed by atoms with Crippen molar-refractivity contribution in [3.8, 4) is 0 Å². The van der Waals surface area contributed by atoms with Crippen LogP contribution in [0.25, 0.3) is 6.08 Å². The first-order valence-corrected chi connectivity index (χ1v) is 5.52. The first kappa shape index (κ1) is 14.8. The molecule has 0 aliphatic heterocycles. The Morgan fingerprint density at radius 2 is 2.21 bits per heavy atom. The van der Waals surface area contributed by atoms with E-state index in [-0.39, 0.29) is 17.9 Å². The van der Waals surface area contributed by atoms with Gasteiger partial charge in [0.25, 0.3) is 0 Å². The highest BCUT2D eigenvalue weighted by atomic mass is 19.1. The highest BCUT2D eigenvalue weighted by Crippen LogP contribution is 2.16. The number of nitrogens with one attached hydrogen (secondary N) is 1. The van der Waals surface area contributed by atoms with E-state index in [0.29, 0.717) is 12.3 Å². The Morgan fingerprint density at radius 1 is 1.47 bits per heavy atom. The molecular weight excluding hydrogens is 253 g/mol. The van der Waals surface area contributed by atoms with Crippen molar-refractivity contribution in [3.63, 3.8) is 0 Å². The minimum atomic E-state index is -1.17. The Balaban J connectivity index is 2.78. The lowest BCUT2D eigenvalue weighted by Crippen LogP contribution is -2.13. The van der Waals surface area contributed by atoms with Crippen LogP contribution in [0.2, 0.25) is 0 Å². The second-order valence-electron chi connectivity index (χ2n) is 3.70. The van der Waals surface area contributed by atoms with Crippen molar-refractivity contribution in [1.82, 2.24) is 0 Å². The van der Waals surface area contributed by atoms with Gasteiger partial charge in [0.05, 0.1) is 13.0 Å². The molecule has 0 saturated carbocycles. The molecule has 0 aromatic heterocycles. The van der Waals surface area contributed by atoms with Crippen molar-refractivity contribution in [3.05, 3.63) is 35.7 Å². The molecule has 0 unspecified atom stereocenters. The van der Waals surface area contributed by atoms with Crippen molar-refractivity contribution >= 4 is 23.6 Å². The topological polar surface area (TPSA) is 75.6 Å². The summed E-state index contributed by atoms with van der Waals surface area (Å²) >= 11 is 0. The molecule has 6 heteroatoms. The largest absolute Gasteiger partial charge is 0.478 e. The number of hydrogen-bond acceptors (Lipinski definition) is 3. The van der Waals surface area contributed by atoms with Crippen LogP contribution >= 0.6 is 0 Å². The molecule has 1 aromatic rings. The second kappa shape index (κ2) is 7.27. The molecule has 0 aliphatic rings. The number of rotatable bonds is 6. The van der Waals surface area contributed by atoms with Crippen molar-refractivity contribution in [1.29, 1.82) is 0 Å². The molecule has 1 amide bonds. The lowest BCUT2D eigenvalue weighted by Gasteiger charge is -2.06. The van der Waals surface area contributed by atoms with Gasteiger partial charge in [0, 0.05) is 24.4 Å². The zero-order valence-corrected chi connectivity index (χ0v) is 10.4. The molecule has 0 radical (unpaired) electrons. The van der Waals surface area contributed by atoms with Crippen LogP contribution in [0.4, 0.5) is 10.1 Å². The molecule has 0 spiro atoms. The van der Waals surface area contributed by atoms with E-state index >= 15 is 0 Å². The molecule has 102 valence electrons. The van der Waals surface area contributed by atoms with Gasteiger partial charge in [-0.2, -0.15) is 0 Å². The Bertz CT molecular complexity index is 499. The average molecular weight is 267 g/mol. The average Bonchev–Trinajstić information content (AvgIpc) is 2.37. The summed E-state index contributed by atoms with van der Waals surface area (Å²) < 4.78 is 18.1. The molecular formula is C13H14FNO4. The molecule has 0 heterocycles. The van der Waals surface area contributed by atoms with Crippen LogP contribution in [0.1, 0.15) is 12.0 Å². The van der Waals surface area contributed by atoms with E-state index in [0.717, 1.165) is 18.2 Å². The molecule has 5 nitrogen and oxygen atoms in total. The van der Waals surface area contributed by atoms with Gasteiger partial charge in [0.2, 0.25) is 5.91 Å². The number of halogens is 1. The number of benzene rings is 1. The van der Waals surface area contributed by atoms with Gasteiger partial charge < -0.3 is 15.2 Å². The maximum atomic E-state index is 13.4. The molecule has 0 aliphatic carbocycles. The quantitative estimate of drug-likeness (QED) is 0.772. The summed E-state index contributed by atoms with van der Waals surface area (Å²) in [6.07, 6.45) is 2.14. The van der Waals surface area contributed by atoms with Crippen LogP contribution in [-0.4, -0.2) is 30.7 Å². The number of carboxylic acid groups (broad SMARTS) is 1. The van der Waals surface area contributed by atoms with Gasteiger partial charge in [-0.3, -0.25) is 4.79 Å². The Morgan fingerprint density at radius 3 is 2.84 bits per heavy atom. The number of hydrogen-bond donors (Lipinski definition) is 2. The van der Waals surface area contributed by atoms with Crippen LogP contribution in [0.5, 0.6) is 0 Å². The lowest BCUT2D eigenvalue weighted by molar-refractivity contribution is -0.131. The summed E-state index contributed by atoms with van der Waals surface area (Å²) in [6, 6.07) is 3.92. The zero-order chi connectivity index (χ0) is 14.3. The van der Waals surface area contributed by atoms with E-state index in [1.165, 1.54) is 19.2 Å². The third-order valence-corrected chi connectivity index (χ3v) is 2.22. The molecule has 1 aromatic carbocycles. The third kappa shape index (κ3) is 5.31. The van der Waals surface area contributed by atoms with Gasteiger partial charge in [0.15, 0.2) is 0 Å². The van der Waals surface area contributed by atoms with Gasteiger partial charge in [-0.1, -0.05) is 0 Å². The molecule has 0 fully saturated rings. The Hall–Kier alpha value is -2.21. The summed E-state index contributed by atoms with van der Waals surface area (Å²) in [6.45, 7) is 0.290. The normalized spacial score (nSPS) is 10.6. The summed E-state index contributed by atoms with van der Waals surface area (Å²) in [7, 11) is 1.49. The number of carboxylic acids is 1. The van der Waals surface area contributed by atoms with E-state index in [4.69, 9.17) is 9.84 Å². The number of methoxy groups -OCH3 is 1. The summed E-state index contributed by atoms with van der Waals surface area (Å²) in [5.74, 6) is -2.00. The SMILES string of the molecule is COCCC(=O)Nc1ccc(F)c(/C=C/C(=O)O)c1. The van der Waals surface area contributed by atoms with Crippen molar-refractivity contribution < 1.29 is 23.8 Å². The molecule has 2 N–H and O–H groups in total. The van der Waals surface area contributed by atoms with Crippen LogP contribution < -0.4 is 5.32 Å². The minimum absolute atomic E-state index is 0.0898. The van der Waals surface area contributed by atoms with Crippen molar-refractivity contribution in [2.45, 2.75) is 6.42 Å². The first-order chi connectivity index (χ1) is 9.02. The van der Waals surface area contributed by atoms with E-state index in [1.807, 2.05) is 0 Å². The molecule has 1 rings (SSSR count). The fourth-order valence-electron chi connectivity index (χ4n) is 1.33. The van der Waals surface area contributed by atoms with E-state index in [1.54, 1.807) is 0 Å². The number of ether oxygens (including phenoxy) is 1. The predicted molar refractivity (Wildman–Crippen MR) is 68.2 cm³/mol. The smallest absolute Gasteiger partial charge is 0.328 e. The zero-order valence-electron chi connectivity index (χ0n) is 10.4. The maximum Gasteiger partial charge on any atom is 0.328 e. The van der Waals surface area contributed by atoms with Crippen molar-refractivity contribution in [2.24, 2.45) is 0 Å². The number of carbonyl (C=O) groups is 2. The maximum absolute atomic E-state index is 13.4. The molecule has 0 bridgehead atoms. The summed E-state index contributed by atoms with van der Waals surface area (Å²) in [5.41, 5.74) is 0.486. The fraction of sp³-hybridized carbons (Fsp3) is 0.231. The molecule has 19 heavy (non-hydrogen) atoms. The van der Waals surface area contributed by atoms with E-state index < -0.39 is 11.8 Å². The Kier molecular flexibility index (Phi) is 5.69. The van der Waals surface area contributed by atoms with E-state index in [2.05, 4.69) is 5.32 Å². The van der Waals surface area contributed by atoms with Gasteiger partial charge in [-0.15, -0.1) is 0 Å². The highest BCUT2D eigenvalue weighted by molar-refractivity contribution is 5.91. The van der Waals surface area contributed by atoms with Gasteiger partial charge in [-0.25, -0.2) is 9.18 Å². The first-order valence-electron chi connectivity index (χ1n) is 5.52. The minimum Gasteiger partial charge on any atom is -0.478 e.